The molecule has 0 aliphatic carbocycles. The van der Waals surface area contributed by atoms with Crippen molar-refractivity contribution in [1.82, 2.24) is 19.5 Å². The zero-order valence-electron chi connectivity index (χ0n) is 12.3. The molecule has 3 N–H and O–H groups in total. The Morgan fingerprint density at radius 1 is 1.35 bits per heavy atom. The zero-order chi connectivity index (χ0) is 16.3. The largest absolute Gasteiger partial charge is 0.379 e. The molecule has 124 valence electrons. The second kappa shape index (κ2) is 6.87. The van der Waals surface area contributed by atoms with Gasteiger partial charge in [0.25, 0.3) is 0 Å². The van der Waals surface area contributed by atoms with Crippen LogP contribution in [0.1, 0.15) is 5.56 Å². The number of ether oxygens (including phenoxy) is 1. The second-order valence-electron chi connectivity index (χ2n) is 4.96. The molecule has 1 fully saturated rings. The smallest absolute Gasteiger partial charge is 0.243 e. The van der Waals surface area contributed by atoms with E-state index in [0.29, 0.717) is 42.1 Å². The first-order chi connectivity index (χ1) is 11.1. The van der Waals surface area contributed by atoms with Crippen LogP contribution in [0.2, 0.25) is 0 Å². The number of aromatic amines is 1. The van der Waals surface area contributed by atoms with Gasteiger partial charge in [-0.25, -0.2) is 13.5 Å². The number of nitrogens with zero attached hydrogens (tertiary/aromatic N) is 3. The maximum absolute atomic E-state index is 12.6. The number of sulfonamides is 1. The number of nitrogens with one attached hydrogen (secondary N) is 1. The van der Waals surface area contributed by atoms with Gasteiger partial charge in [-0.2, -0.15) is 9.29 Å². The van der Waals surface area contributed by atoms with Crippen LogP contribution < -0.4 is 5.73 Å². The number of rotatable bonds is 5. The van der Waals surface area contributed by atoms with E-state index in [0.717, 1.165) is 5.56 Å². The van der Waals surface area contributed by atoms with Gasteiger partial charge in [0.15, 0.2) is 0 Å². The number of benzene rings is 1. The van der Waals surface area contributed by atoms with E-state index in [-0.39, 0.29) is 5.95 Å². The molecule has 0 bridgehead atoms. The van der Waals surface area contributed by atoms with Gasteiger partial charge in [0, 0.05) is 18.8 Å². The summed E-state index contributed by atoms with van der Waals surface area (Å²) in [5, 5.41) is 7.03. The van der Waals surface area contributed by atoms with Gasteiger partial charge < -0.3 is 10.5 Å². The van der Waals surface area contributed by atoms with Crippen molar-refractivity contribution in [2.75, 3.05) is 32.0 Å². The van der Waals surface area contributed by atoms with Crippen LogP contribution in [0.3, 0.4) is 0 Å². The molecule has 3 rings (SSSR count). The fourth-order valence-corrected chi connectivity index (χ4v) is 4.43. The van der Waals surface area contributed by atoms with E-state index in [2.05, 4.69) is 15.2 Å². The predicted octanol–water partition coefficient (Wildman–Crippen LogP) is 0.700. The van der Waals surface area contributed by atoms with E-state index in [1.165, 1.54) is 16.1 Å². The highest BCUT2D eigenvalue weighted by Gasteiger charge is 2.26. The summed E-state index contributed by atoms with van der Waals surface area (Å²) in [7, 11) is -3.48. The minimum absolute atomic E-state index is 0.260. The van der Waals surface area contributed by atoms with Crippen LogP contribution in [0.25, 0.3) is 0 Å². The molecule has 1 aliphatic heterocycles. The summed E-state index contributed by atoms with van der Waals surface area (Å²) in [6, 6.07) is 6.93. The molecule has 2 aromatic rings. The zero-order valence-corrected chi connectivity index (χ0v) is 13.9. The molecule has 0 saturated carbocycles. The quantitative estimate of drug-likeness (QED) is 0.759. The minimum Gasteiger partial charge on any atom is -0.379 e. The third-order valence-corrected chi connectivity index (χ3v) is 6.17. The SMILES string of the molecule is Nc1nc(SCc2cccc(S(=O)(=O)N3CCOCC3)c2)n[nH]1. The van der Waals surface area contributed by atoms with Crippen LogP contribution in [0.5, 0.6) is 0 Å². The number of morpholine rings is 1. The van der Waals surface area contributed by atoms with Gasteiger partial charge in [-0.05, 0) is 17.7 Å². The summed E-state index contributed by atoms with van der Waals surface area (Å²) in [5.41, 5.74) is 6.36. The first kappa shape index (κ1) is 16.2. The van der Waals surface area contributed by atoms with E-state index in [9.17, 15) is 8.42 Å². The summed E-state index contributed by atoms with van der Waals surface area (Å²) in [5.74, 6) is 0.820. The van der Waals surface area contributed by atoms with E-state index >= 15 is 0 Å². The molecular formula is C13H17N5O3S2. The monoisotopic (exact) mass is 355 g/mol. The first-order valence-electron chi connectivity index (χ1n) is 7.03. The molecule has 23 heavy (non-hydrogen) atoms. The third kappa shape index (κ3) is 3.83. The van der Waals surface area contributed by atoms with Crippen LogP contribution >= 0.6 is 11.8 Å². The normalized spacial score (nSPS) is 16.5. The maximum atomic E-state index is 12.6. The number of thioether (sulfide) groups is 1. The number of hydrogen-bond acceptors (Lipinski definition) is 7. The van der Waals surface area contributed by atoms with E-state index in [1.54, 1.807) is 18.2 Å². The highest BCUT2D eigenvalue weighted by Crippen LogP contribution is 2.23. The standard InChI is InChI=1S/C13H17N5O3S2/c14-12-15-13(17-16-12)22-9-10-2-1-3-11(8-10)23(19,20)18-4-6-21-7-5-18/h1-3,8H,4-7,9H2,(H3,14,15,16,17). The molecule has 1 saturated heterocycles. The van der Waals surface area contributed by atoms with Gasteiger partial charge in [-0.1, -0.05) is 23.9 Å². The number of nitrogens with two attached hydrogens (primary N) is 1. The Labute approximate surface area is 138 Å². The maximum Gasteiger partial charge on any atom is 0.243 e. The Balaban J connectivity index is 1.73. The van der Waals surface area contributed by atoms with E-state index in [4.69, 9.17) is 10.5 Å². The van der Waals surface area contributed by atoms with Crippen molar-refractivity contribution in [3.8, 4) is 0 Å². The summed E-state index contributed by atoms with van der Waals surface area (Å²) < 4.78 is 31.9. The van der Waals surface area contributed by atoms with Crippen molar-refractivity contribution in [2.24, 2.45) is 0 Å². The Bertz CT molecular complexity index is 771. The lowest BCUT2D eigenvalue weighted by Crippen LogP contribution is -2.40. The molecule has 1 aromatic heterocycles. The molecule has 10 heteroatoms. The highest BCUT2D eigenvalue weighted by molar-refractivity contribution is 7.98. The van der Waals surface area contributed by atoms with Crippen LogP contribution in [0.15, 0.2) is 34.3 Å². The lowest BCUT2D eigenvalue weighted by molar-refractivity contribution is 0.0730. The molecule has 0 atom stereocenters. The lowest BCUT2D eigenvalue weighted by atomic mass is 10.2. The molecule has 0 unspecified atom stereocenters. The first-order valence-corrected chi connectivity index (χ1v) is 9.46. The molecule has 0 radical (unpaired) electrons. The average Bonchev–Trinajstić information content (AvgIpc) is 2.99. The summed E-state index contributed by atoms with van der Waals surface area (Å²) >= 11 is 1.39. The second-order valence-corrected chi connectivity index (χ2v) is 7.84. The minimum atomic E-state index is -3.48. The van der Waals surface area contributed by atoms with Crippen LogP contribution in [-0.4, -0.2) is 54.2 Å². The van der Waals surface area contributed by atoms with Crippen molar-refractivity contribution in [1.29, 1.82) is 0 Å². The Kier molecular flexibility index (Phi) is 4.85. The number of anilines is 1. The van der Waals surface area contributed by atoms with Crippen LogP contribution in [-0.2, 0) is 20.5 Å². The predicted molar refractivity (Wildman–Crippen MR) is 86.4 cm³/mol. The van der Waals surface area contributed by atoms with Crippen molar-refractivity contribution in [3.05, 3.63) is 29.8 Å². The van der Waals surface area contributed by atoms with Gasteiger partial charge in [-0.3, -0.25) is 0 Å². The van der Waals surface area contributed by atoms with Crippen molar-refractivity contribution in [3.63, 3.8) is 0 Å². The Hall–Kier alpha value is -1.62. The number of aromatic nitrogens is 3. The lowest BCUT2D eigenvalue weighted by Gasteiger charge is -2.26. The van der Waals surface area contributed by atoms with E-state index in [1.807, 2.05) is 6.07 Å². The number of nitrogen functional groups attached to an aromatic ring is 1. The molecule has 2 heterocycles. The highest BCUT2D eigenvalue weighted by atomic mass is 32.2. The molecule has 0 amide bonds. The van der Waals surface area contributed by atoms with Crippen LogP contribution in [0.4, 0.5) is 5.95 Å². The van der Waals surface area contributed by atoms with Crippen molar-refractivity contribution in [2.45, 2.75) is 15.8 Å². The van der Waals surface area contributed by atoms with Gasteiger partial charge in [0.2, 0.25) is 21.1 Å². The number of hydrogen-bond donors (Lipinski definition) is 2. The Morgan fingerprint density at radius 2 is 2.13 bits per heavy atom. The Morgan fingerprint density at radius 3 is 2.83 bits per heavy atom. The topological polar surface area (TPSA) is 114 Å². The third-order valence-electron chi connectivity index (χ3n) is 3.36. The fourth-order valence-electron chi connectivity index (χ4n) is 2.20. The van der Waals surface area contributed by atoms with Crippen molar-refractivity contribution >= 4 is 27.7 Å². The summed E-state index contributed by atoms with van der Waals surface area (Å²) in [4.78, 5) is 4.30. The van der Waals surface area contributed by atoms with Gasteiger partial charge in [0.05, 0.1) is 18.1 Å². The van der Waals surface area contributed by atoms with Gasteiger partial charge in [0.1, 0.15) is 0 Å². The summed E-state index contributed by atoms with van der Waals surface area (Å²) in [6.45, 7) is 1.64. The molecule has 8 nitrogen and oxygen atoms in total. The molecule has 0 spiro atoms. The van der Waals surface area contributed by atoms with E-state index < -0.39 is 10.0 Å². The van der Waals surface area contributed by atoms with Gasteiger partial charge in [-0.15, -0.1) is 5.10 Å². The van der Waals surface area contributed by atoms with Crippen molar-refractivity contribution < 1.29 is 13.2 Å². The van der Waals surface area contributed by atoms with Gasteiger partial charge >= 0.3 is 0 Å². The average molecular weight is 355 g/mol. The molecule has 1 aliphatic rings. The summed E-state index contributed by atoms with van der Waals surface area (Å²) in [6.07, 6.45) is 0. The molecule has 1 aromatic carbocycles. The number of H-pyrrole nitrogens is 1. The van der Waals surface area contributed by atoms with Crippen LogP contribution in [0, 0.1) is 0 Å². The fraction of sp³-hybridized carbons (Fsp3) is 0.385. The molecular weight excluding hydrogens is 338 g/mol.